The van der Waals surface area contributed by atoms with Crippen molar-refractivity contribution in [3.63, 3.8) is 0 Å². The van der Waals surface area contributed by atoms with Gasteiger partial charge in [0.1, 0.15) is 0 Å². The minimum absolute atomic E-state index is 0.0632. The molecule has 0 radical (unpaired) electrons. The predicted octanol–water partition coefficient (Wildman–Crippen LogP) is 0.624. The van der Waals surface area contributed by atoms with E-state index in [1.807, 2.05) is 0 Å². The summed E-state index contributed by atoms with van der Waals surface area (Å²) in [6.07, 6.45) is -0.485. The molecule has 0 saturated carbocycles. The standard InChI is InChI=1S/C7H13FO4S/c1-6(5-7(9)10)13(11,12)4-2-3-8/h6H,2-5H2,1H3,(H,9,10). The maximum Gasteiger partial charge on any atom is 0.304 e. The second-order valence-electron chi connectivity index (χ2n) is 2.82. The largest absolute Gasteiger partial charge is 0.481 e. The minimum atomic E-state index is -3.44. The Kier molecular flexibility index (Phi) is 4.90. The summed E-state index contributed by atoms with van der Waals surface area (Å²) in [5.74, 6) is -1.44. The van der Waals surface area contributed by atoms with Gasteiger partial charge < -0.3 is 5.11 Å². The summed E-state index contributed by atoms with van der Waals surface area (Å²) in [5, 5.41) is 7.40. The summed E-state index contributed by atoms with van der Waals surface area (Å²) >= 11 is 0. The van der Waals surface area contributed by atoms with E-state index in [4.69, 9.17) is 5.11 Å². The highest BCUT2D eigenvalue weighted by Gasteiger charge is 2.22. The number of rotatable bonds is 6. The zero-order valence-electron chi connectivity index (χ0n) is 7.36. The monoisotopic (exact) mass is 212 g/mol. The van der Waals surface area contributed by atoms with Gasteiger partial charge in [0, 0.05) is 0 Å². The molecule has 0 aliphatic carbocycles. The van der Waals surface area contributed by atoms with Crippen LogP contribution in [0.25, 0.3) is 0 Å². The second-order valence-corrected chi connectivity index (χ2v) is 5.36. The molecular weight excluding hydrogens is 199 g/mol. The van der Waals surface area contributed by atoms with E-state index in [-0.39, 0.29) is 12.2 Å². The van der Waals surface area contributed by atoms with Gasteiger partial charge in [-0.2, -0.15) is 0 Å². The van der Waals surface area contributed by atoms with Crippen molar-refractivity contribution in [3.8, 4) is 0 Å². The molecule has 78 valence electrons. The van der Waals surface area contributed by atoms with Crippen LogP contribution in [0, 0.1) is 0 Å². The van der Waals surface area contributed by atoms with E-state index in [9.17, 15) is 17.6 Å². The fraction of sp³-hybridized carbons (Fsp3) is 0.857. The highest BCUT2D eigenvalue weighted by atomic mass is 32.2. The molecule has 4 nitrogen and oxygen atoms in total. The van der Waals surface area contributed by atoms with Gasteiger partial charge >= 0.3 is 5.97 Å². The normalized spacial score (nSPS) is 14.0. The molecule has 0 aliphatic heterocycles. The fourth-order valence-electron chi connectivity index (χ4n) is 0.830. The third-order valence-electron chi connectivity index (χ3n) is 1.64. The average molecular weight is 212 g/mol. The molecule has 0 aromatic rings. The van der Waals surface area contributed by atoms with Crippen LogP contribution in [0.15, 0.2) is 0 Å². The molecule has 0 bridgehead atoms. The van der Waals surface area contributed by atoms with Crippen molar-refractivity contribution < 1.29 is 22.7 Å². The highest BCUT2D eigenvalue weighted by molar-refractivity contribution is 7.92. The van der Waals surface area contributed by atoms with E-state index < -0.39 is 34.2 Å². The second kappa shape index (κ2) is 5.16. The van der Waals surface area contributed by atoms with Gasteiger partial charge in [0.25, 0.3) is 0 Å². The third-order valence-corrected chi connectivity index (χ3v) is 3.89. The minimum Gasteiger partial charge on any atom is -0.481 e. The lowest BCUT2D eigenvalue weighted by atomic mass is 10.3. The number of sulfone groups is 1. The number of carboxylic acids is 1. The summed E-state index contributed by atoms with van der Waals surface area (Å²) in [7, 11) is -3.44. The van der Waals surface area contributed by atoms with Crippen LogP contribution in [-0.2, 0) is 14.6 Å². The Bertz CT molecular complexity index is 260. The van der Waals surface area contributed by atoms with Crippen molar-refractivity contribution in [2.24, 2.45) is 0 Å². The molecule has 0 fully saturated rings. The zero-order chi connectivity index (χ0) is 10.5. The van der Waals surface area contributed by atoms with E-state index in [1.54, 1.807) is 0 Å². The van der Waals surface area contributed by atoms with Gasteiger partial charge in [-0.25, -0.2) is 8.42 Å². The lowest BCUT2D eigenvalue weighted by Gasteiger charge is -2.08. The van der Waals surface area contributed by atoms with Crippen LogP contribution in [0.5, 0.6) is 0 Å². The van der Waals surface area contributed by atoms with Crippen molar-refractivity contribution in [3.05, 3.63) is 0 Å². The van der Waals surface area contributed by atoms with Gasteiger partial charge in [-0.3, -0.25) is 9.18 Å². The van der Waals surface area contributed by atoms with E-state index >= 15 is 0 Å². The smallest absolute Gasteiger partial charge is 0.304 e. The topological polar surface area (TPSA) is 71.4 Å². The first-order chi connectivity index (χ1) is 5.90. The van der Waals surface area contributed by atoms with Crippen LogP contribution >= 0.6 is 0 Å². The lowest BCUT2D eigenvalue weighted by molar-refractivity contribution is -0.136. The summed E-state index contributed by atoms with van der Waals surface area (Å²) in [6.45, 7) is 0.626. The third kappa shape index (κ3) is 4.82. The van der Waals surface area contributed by atoms with Crippen LogP contribution < -0.4 is 0 Å². The average Bonchev–Trinajstić information content (AvgIpc) is 1.99. The van der Waals surface area contributed by atoms with Gasteiger partial charge in [-0.05, 0) is 13.3 Å². The Labute approximate surface area is 76.7 Å². The van der Waals surface area contributed by atoms with Crippen LogP contribution in [0.3, 0.4) is 0 Å². The fourth-order valence-corrected chi connectivity index (χ4v) is 2.14. The number of halogens is 1. The molecule has 0 amide bonds. The summed E-state index contributed by atoms with van der Waals surface area (Å²) in [4.78, 5) is 10.2. The Balaban J connectivity index is 4.20. The Morgan fingerprint density at radius 2 is 2.08 bits per heavy atom. The summed E-state index contributed by atoms with van der Waals surface area (Å²) in [6, 6.07) is 0. The van der Waals surface area contributed by atoms with E-state index in [2.05, 4.69) is 0 Å². The molecule has 0 saturated heterocycles. The molecule has 0 rings (SSSR count). The Morgan fingerprint density at radius 3 is 2.46 bits per heavy atom. The number of carbonyl (C=O) groups is 1. The molecule has 0 aliphatic rings. The number of alkyl halides is 1. The van der Waals surface area contributed by atoms with Crippen molar-refractivity contribution >= 4 is 15.8 Å². The molecular formula is C7H13FO4S. The van der Waals surface area contributed by atoms with Crippen molar-refractivity contribution in [1.82, 2.24) is 0 Å². The van der Waals surface area contributed by atoms with Crippen molar-refractivity contribution in [2.75, 3.05) is 12.4 Å². The molecule has 6 heteroatoms. The molecule has 0 heterocycles. The molecule has 0 aromatic heterocycles. The van der Waals surface area contributed by atoms with Crippen molar-refractivity contribution in [1.29, 1.82) is 0 Å². The number of hydrogen-bond acceptors (Lipinski definition) is 3. The Morgan fingerprint density at radius 1 is 1.54 bits per heavy atom. The summed E-state index contributed by atoms with van der Waals surface area (Å²) < 4.78 is 34.1. The molecule has 0 aromatic carbocycles. The van der Waals surface area contributed by atoms with E-state index in [0.29, 0.717) is 0 Å². The van der Waals surface area contributed by atoms with Gasteiger partial charge in [0.05, 0.1) is 24.1 Å². The van der Waals surface area contributed by atoms with Gasteiger partial charge in [-0.1, -0.05) is 0 Å². The van der Waals surface area contributed by atoms with E-state index in [1.165, 1.54) is 6.92 Å². The number of aliphatic carboxylic acids is 1. The van der Waals surface area contributed by atoms with Crippen LogP contribution in [0.1, 0.15) is 19.8 Å². The predicted molar refractivity (Wildman–Crippen MR) is 46.1 cm³/mol. The first-order valence-corrected chi connectivity index (χ1v) is 5.61. The number of carboxylic acid groups (broad SMARTS) is 1. The maximum absolute atomic E-state index is 11.7. The Hall–Kier alpha value is -0.650. The quantitative estimate of drug-likeness (QED) is 0.700. The maximum atomic E-state index is 11.7. The number of hydrogen-bond donors (Lipinski definition) is 1. The lowest BCUT2D eigenvalue weighted by Crippen LogP contribution is -2.24. The van der Waals surface area contributed by atoms with Crippen LogP contribution in [0.4, 0.5) is 4.39 Å². The first kappa shape index (κ1) is 12.3. The van der Waals surface area contributed by atoms with Crippen LogP contribution in [-0.4, -0.2) is 37.2 Å². The van der Waals surface area contributed by atoms with E-state index in [0.717, 1.165) is 0 Å². The first-order valence-electron chi connectivity index (χ1n) is 3.89. The van der Waals surface area contributed by atoms with Crippen molar-refractivity contribution in [2.45, 2.75) is 25.0 Å². The molecule has 0 spiro atoms. The van der Waals surface area contributed by atoms with Crippen LogP contribution in [0.2, 0.25) is 0 Å². The molecule has 13 heavy (non-hydrogen) atoms. The highest BCUT2D eigenvalue weighted by Crippen LogP contribution is 2.07. The molecule has 1 atom stereocenters. The van der Waals surface area contributed by atoms with Gasteiger partial charge in [0.15, 0.2) is 9.84 Å². The molecule has 1 N–H and O–H groups in total. The SMILES string of the molecule is CC(CC(=O)O)S(=O)(=O)CCCF. The zero-order valence-corrected chi connectivity index (χ0v) is 8.18. The van der Waals surface area contributed by atoms with Gasteiger partial charge in [0.2, 0.25) is 0 Å². The summed E-state index contributed by atoms with van der Waals surface area (Å²) in [5.41, 5.74) is 0. The molecule has 1 unspecified atom stereocenters. The van der Waals surface area contributed by atoms with Gasteiger partial charge in [-0.15, -0.1) is 0 Å².